The van der Waals surface area contributed by atoms with Gasteiger partial charge in [-0.05, 0) is 18.2 Å². The standard InChI is InChI=1S/C9H5BrFNS/c10-6-1-2-7(8(11)5-6)9-12-3-4-13-9/h1-5H. The molecule has 0 aliphatic rings. The maximum absolute atomic E-state index is 13.4. The van der Waals surface area contributed by atoms with Crippen molar-refractivity contribution in [3.8, 4) is 10.6 Å². The Hall–Kier alpha value is -0.740. The minimum absolute atomic E-state index is 0.246. The van der Waals surface area contributed by atoms with Crippen LogP contribution < -0.4 is 0 Å². The van der Waals surface area contributed by atoms with E-state index >= 15 is 0 Å². The van der Waals surface area contributed by atoms with Crippen molar-refractivity contribution in [2.75, 3.05) is 0 Å². The van der Waals surface area contributed by atoms with Crippen molar-refractivity contribution in [2.45, 2.75) is 0 Å². The van der Waals surface area contributed by atoms with Crippen molar-refractivity contribution >= 4 is 27.3 Å². The Bertz CT molecular complexity index is 414. The third-order valence-corrected chi connectivity index (χ3v) is 2.89. The molecular formula is C9H5BrFNS. The lowest BCUT2D eigenvalue weighted by Gasteiger charge is -1.98. The van der Waals surface area contributed by atoms with Crippen LogP contribution in [0.4, 0.5) is 4.39 Å². The Kier molecular flexibility index (Phi) is 2.42. The average Bonchev–Trinajstić information content (AvgIpc) is 2.56. The summed E-state index contributed by atoms with van der Waals surface area (Å²) in [7, 11) is 0. The number of hydrogen-bond donors (Lipinski definition) is 0. The van der Waals surface area contributed by atoms with Crippen LogP contribution in [0.3, 0.4) is 0 Å². The first kappa shape index (κ1) is 8.84. The highest BCUT2D eigenvalue weighted by atomic mass is 79.9. The molecule has 2 aromatic rings. The second kappa shape index (κ2) is 3.55. The minimum atomic E-state index is -0.246. The molecule has 0 radical (unpaired) electrons. The van der Waals surface area contributed by atoms with Gasteiger partial charge in [-0.15, -0.1) is 11.3 Å². The van der Waals surface area contributed by atoms with Crippen molar-refractivity contribution in [3.63, 3.8) is 0 Å². The van der Waals surface area contributed by atoms with E-state index in [0.717, 1.165) is 4.47 Å². The summed E-state index contributed by atoms with van der Waals surface area (Å²) in [4.78, 5) is 4.04. The summed E-state index contributed by atoms with van der Waals surface area (Å²) >= 11 is 4.63. The molecule has 0 atom stereocenters. The Labute approximate surface area is 87.4 Å². The number of thiazole rings is 1. The molecule has 0 aliphatic carbocycles. The molecule has 0 unspecified atom stereocenters. The fourth-order valence-corrected chi connectivity index (χ4v) is 2.02. The van der Waals surface area contributed by atoms with Crippen LogP contribution in [0.2, 0.25) is 0 Å². The van der Waals surface area contributed by atoms with E-state index in [4.69, 9.17) is 0 Å². The number of hydrogen-bond acceptors (Lipinski definition) is 2. The van der Waals surface area contributed by atoms with E-state index in [9.17, 15) is 4.39 Å². The van der Waals surface area contributed by atoms with Crippen molar-refractivity contribution in [1.82, 2.24) is 4.98 Å². The summed E-state index contributed by atoms with van der Waals surface area (Å²) in [5.41, 5.74) is 0.554. The summed E-state index contributed by atoms with van der Waals surface area (Å²) in [5, 5.41) is 2.54. The van der Waals surface area contributed by atoms with Crippen LogP contribution in [0.5, 0.6) is 0 Å². The highest BCUT2D eigenvalue weighted by Crippen LogP contribution is 2.26. The molecule has 1 aromatic carbocycles. The third kappa shape index (κ3) is 1.78. The molecule has 1 nitrogen and oxygen atoms in total. The second-order valence-corrected chi connectivity index (χ2v) is 4.27. The van der Waals surface area contributed by atoms with Crippen LogP contribution in [0.25, 0.3) is 10.6 Å². The molecule has 0 fully saturated rings. The van der Waals surface area contributed by atoms with Gasteiger partial charge in [0.1, 0.15) is 10.8 Å². The molecule has 1 aromatic heterocycles. The molecular weight excluding hydrogens is 253 g/mol. The first-order chi connectivity index (χ1) is 6.27. The van der Waals surface area contributed by atoms with Crippen molar-refractivity contribution in [3.05, 3.63) is 40.1 Å². The number of nitrogens with zero attached hydrogens (tertiary/aromatic N) is 1. The van der Waals surface area contributed by atoms with Gasteiger partial charge in [0, 0.05) is 21.6 Å². The molecule has 4 heteroatoms. The monoisotopic (exact) mass is 257 g/mol. The van der Waals surface area contributed by atoms with Crippen molar-refractivity contribution in [1.29, 1.82) is 0 Å². The van der Waals surface area contributed by atoms with Gasteiger partial charge < -0.3 is 0 Å². The van der Waals surface area contributed by atoms with Gasteiger partial charge >= 0.3 is 0 Å². The van der Waals surface area contributed by atoms with Gasteiger partial charge in [-0.3, -0.25) is 0 Å². The van der Waals surface area contributed by atoms with Crippen LogP contribution in [0.15, 0.2) is 34.2 Å². The minimum Gasteiger partial charge on any atom is -0.244 e. The number of aromatic nitrogens is 1. The Morgan fingerprint density at radius 3 is 2.85 bits per heavy atom. The van der Waals surface area contributed by atoms with E-state index in [1.165, 1.54) is 17.4 Å². The van der Waals surface area contributed by atoms with Crippen molar-refractivity contribution in [2.24, 2.45) is 0 Å². The summed E-state index contributed by atoms with van der Waals surface area (Å²) in [6, 6.07) is 4.97. The lowest BCUT2D eigenvalue weighted by atomic mass is 10.2. The van der Waals surface area contributed by atoms with Crippen LogP contribution in [0, 0.1) is 5.82 Å². The SMILES string of the molecule is Fc1cc(Br)ccc1-c1nccs1. The van der Waals surface area contributed by atoms with Gasteiger partial charge in [-0.2, -0.15) is 0 Å². The van der Waals surface area contributed by atoms with Crippen LogP contribution in [-0.4, -0.2) is 4.98 Å². The molecule has 1 heterocycles. The molecule has 0 N–H and O–H groups in total. The first-order valence-corrected chi connectivity index (χ1v) is 5.29. The Morgan fingerprint density at radius 1 is 1.38 bits per heavy atom. The van der Waals surface area contributed by atoms with Crippen LogP contribution in [-0.2, 0) is 0 Å². The normalized spacial score (nSPS) is 10.3. The maximum atomic E-state index is 13.4. The molecule has 0 saturated carbocycles. The number of benzene rings is 1. The fraction of sp³-hybridized carbons (Fsp3) is 0. The van der Waals surface area contributed by atoms with Gasteiger partial charge in [-0.1, -0.05) is 15.9 Å². The summed E-state index contributed by atoms with van der Waals surface area (Å²) in [6.07, 6.45) is 1.67. The third-order valence-electron chi connectivity index (χ3n) is 1.59. The smallest absolute Gasteiger partial charge is 0.134 e. The quantitative estimate of drug-likeness (QED) is 0.759. The van der Waals surface area contributed by atoms with E-state index in [0.29, 0.717) is 10.6 Å². The first-order valence-electron chi connectivity index (χ1n) is 3.62. The fourth-order valence-electron chi connectivity index (χ4n) is 1.02. The number of rotatable bonds is 1. The molecule has 0 aliphatic heterocycles. The molecule has 0 saturated heterocycles. The highest BCUT2D eigenvalue weighted by molar-refractivity contribution is 9.10. The van der Waals surface area contributed by atoms with Crippen molar-refractivity contribution < 1.29 is 4.39 Å². The van der Waals surface area contributed by atoms with Gasteiger partial charge in [0.25, 0.3) is 0 Å². The molecule has 0 bridgehead atoms. The molecule has 2 rings (SSSR count). The van der Waals surface area contributed by atoms with Crippen LogP contribution >= 0.6 is 27.3 Å². The molecule has 66 valence electrons. The lowest BCUT2D eigenvalue weighted by molar-refractivity contribution is 0.630. The Balaban J connectivity index is 2.53. The van der Waals surface area contributed by atoms with E-state index in [2.05, 4.69) is 20.9 Å². The molecule has 0 spiro atoms. The summed E-state index contributed by atoms with van der Waals surface area (Å²) in [6.45, 7) is 0. The summed E-state index contributed by atoms with van der Waals surface area (Å²) < 4.78 is 14.1. The van der Waals surface area contributed by atoms with E-state index in [-0.39, 0.29) is 5.82 Å². The van der Waals surface area contributed by atoms with Gasteiger partial charge in [0.2, 0.25) is 0 Å². The zero-order valence-electron chi connectivity index (χ0n) is 6.50. The number of halogens is 2. The highest BCUT2D eigenvalue weighted by Gasteiger charge is 2.06. The molecule has 0 amide bonds. The second-order valence-electron chi connectivity index (χ2n) is 2.46. The average molecular weight is 258 g/mol. The van der Waals surface area contributed by atoms with Gasteiger partial charge in [-0.25, -0.2) is 9.37 Å². The predicted molar refractivity (Wildman–Crippen MR) is 55.2 cm³/mol. The van der Waals surface area contributed by atoms with Gasteiger partial charge in [0.05, 0.1) is 0 Å². The molecule has 13 heavy (non-hydrogen) atoms. The predicted octanol–water partition coefficient (Wildman–Crippen LogP) is 3.71. The van der Waals surface area contributed by atoms with E-state index < -0.39 is 0 Å². The summed E-state index contributed by atoms with van der Waals surface area (Å²) in [5.74, 6) is -0.246. The lowest BCUT2D eigenvalue weighted by Crippen LogP contribution is -1.82. The topological polar surface area (TPSA) is 12.9 Å². The maximum Gasteiger partial charge on any atom is 0.134 e. The zero-order valence-corrected chi connectivity index (χ0v) is 8.90. The van der Waals surface area contributed by atoms with Crippen LogP contribution in [0.1, 0.15) is 0 Å². The largest absolute Gasteiger partial charge is 0.244 e. The van der Waals surface area contributed by atoms with Gasteiger partial charge in [0.15, 0.2) is 0 Å². The van der Waals surface area contributed by atoms with E-state index in [1.807, 2.05) is 5.38 Å². The van der Waals surface area contributed by atoms with E-state index in [1.54, 1.807) is 18.3 Å². The Morgan fingerprint density at radius 2 is 2.23 bits per heavy atom. The zero-order chi connectivity index (χ0) is 9.26.